The van der Waals surface area contributed by atoms with Crippen LogP contribution < -0.4 is 9.47 Å². The molecule has 154 valence electrons. The molecule has 0 aliphatic carbocycles. The Balaban J connectivity index is 1.92. The van der Waals surface area contributed by atoms with E-state index in [2.05, 4.69) is 9.47 Å². The van der Waals surface area contributed by atoms with Gasteiger partial charge in [-0.3, -0.25) is 14.4 Å². The molecule has 0 spiro atoms. The first-order chi connectivity index (χ1) is 13.9. The average Bonchev–Trinajstić information content (AvgIpc) is 2.73. The molecule has 0 aliphatic heterocycles. The van der Waals surface area contributed by atoms with Crippen LogP contribution in [0.1, 0.15) is 5.56 Å². The Hall–Kier alpha value is -3.55. The lowest BCUT2D eigenvalue weighted by atomic mass is 10.2. The van der Waals surface area contributed by atoms with Gasteiger partial charge in [0.1, 0.15) is 30.3 Å². The molecular formula is C21H23NO7. The maximum absolute atomic E-state index is 12.3. The van der Waals surface area contributed by atoms with E-state index in [1.807, 2.05) is 31.2 Å². The van der Waals surface area contributed by atoms with Gasteiger partial charge in [-0.2, -0.15) is 0 Å². The summed E-state index contributed by atoms with van der Waals surface area (Å²) in [5.74, 6) is -0.0996. The minimum atomic E-state index is -0.653. The summed E-state index contributed by atoms with van der Waals surface area (Å²) in [6, 6.07) is 14.4. The molecule has 2 rings (SSSR count). The lowest BCUT2D eigenvalue weighted by Gasteiger charge is -2.20. The van der Waals surface area contributed by atoms with Gasteiger partial charge in [-0.25, -0.2) is 0 Å². The predicted octanol–water partition coefficient (Wildman–Crippen LogP) is 2.34. The maximum atomic E-state index is 12.3. The van der Waals surface area contributed by atoms with E-state index in [1.165, 1.54) is 14.2 Å². The number of carbonyl (C=O) groups excluding carboxylic acids is 3. The largest absolute Gasteiger partial charge is 0.484 e. The molecule has 0 aromatic heterocycles. The van der Waals surface area contributed by atoms with Crippen molar-refractivity contribution in [1.82, 2.24) is 4.90 Å². The zero-order chi connectivity index (χ0) is 21.2. The normalized spacial score (nSPS) is 10.0. The molecule has 0 atom stereocenters. The Morgan fingerprint density at radius 3 is 1.69 bits per heavy atom. The van der Waals surface area contributed by atoms with Crippen molar-refractivity contribution in [3.05, 3.63) is 54.1 Å². The van der Waals surface area contributed by atoms with Crippen molar-refractivity contribution in [1.29, 1.82) is 0 Å². The molecule has 0 N–H and O–H groups in total. The zero-order valence-electron chi connectivity index (χ0n) is 16.5. The van der Waals surface area contributed by atoms with Crippen molar-refractivity contribution < 1.29 is 33.3 Å². The molecule has 8 heteroatoms. The number of amides is 1. The number of aryl methyl sites for hydroxylation is 1. The van der Waals surface area contributed by atoms with Crippen LogP contribution in [0.5, 0.6) is 17.2 Å². The number of hydrogen-bond donors (Lipinski definition) is 0. The van der Waals surface area contributed by atoms with Crippen LogP contribution in [0.25, 0.3) is 0 Å². The highest BCUT2D eigenvalue weighted by Crippen LogP contribution is 2.24. The second kappa shape index (κ2) is 10.7. The molecule has 1 amide bonds. The monoisotopic (exact) mass is 401 g/mol. The number of rotatable bonds is 9. The highest BCUT2D eigenvalue weighted by molar-refractivity contribution is 5.86. The van der Waals surface area contributed by atoms with Crippen LogP contribution in [0.4, 0.5) is 0 Å². The molecule has 8 nitrogen and oxygen atoms in total. The van der Waals surface area contributed by atoms with Crippen LogP contribution in [0, 0.1) is 6.92 Å². The van der Waals surface area contributed by atoms with Crippen LogP contribution >= 0.6 is 0 Å². The number of benzene rings is 2. The third-order valence-electron chi connectivity index (χ3n) is 3.89. The van der Waals surface area contributed by atoms with Crippen molar-refractivity contribution in [2.24, 2.45) is 0 Å². The van der Waals surface area contributed by atoms with E-state index in [9.17, 15) is 14.4 Å². The third-order valence-corrected chi connectivity index (χ3v) is 3.89. The van der Waals surface area contributed by atoms with Crippen molar-refractivity contribution in [3.63, 3.8) is 0 Å². The molecule has 29 heavy (non-hydrogen) atoms. The van der Waals surface area contributed by atoms with Crippen molar-refractivity contribution in [2.75, 3.05) is 33.9 Å². The topological polar surface area (TPSA) is 91.4 Å². The Morgan fingerprint density at radius 1 is 0.759 bits per heavy atom. The Bertz CT molecular complexity index is 813. The number of hydrogen-bond acceptors (Lipinski definition) is 7. The fourth-order valence-corrected chi connectivity index (χ4v) is 2.26. The highest BCUT2D eigenvalue weighted by atomic mass is 16.5. The number of esters is 2. The summed E-state index contributed by atoms with van der Waals surface area (Å²) in [5.41, 5.74) is 1.14. The lowest BCUT2D eigenvalue weighted by Crippen LogP contribution is -2.42. The molecule has 0 saturated carbocycles. The maximum Gasteiger partial charge on any atom is 0.325 e. The molecule has 0 radical (unpaired) electrons. The van der Waals surface area contributed by atoms with Crippen LogP contribution in [0.15, 0.2) is 48.5 Å². The Labute approximate surface area is 168 Å². The molecule has 0 fully saturated rings. The number of ether oxygens (including phenoxy) is 4. The fourth-order valence-electron chi connectivity index (χ4n) is 2.26. The van der Waals surface area contributed by atoms with Crippen LogP contribution in [0.2, 0.25) is 0 Å². The SMILES string of the molecule is COC(=O)CN(CC(=O)OC)C(=O)COc1ccc(Oc2ccc(C)cc2)cc1. The van der Waals surface area contributed by atoms with Gasteiger partial charge in [0.25, 0.3) is 5.91 Å². The van der Waals surface area contributed by atoms with Gasteiger partial charge in [0.05, 0.1) is 14.2 Å². The first kappa shape index (κ1) is 21.7. The Kier molecular flexibility index (Phi) is 8.02. The van der Waals surface area contributed by atoms with E-state index >= 15 is 0 Å². The number of methoxy groups -OCH3 is 2. The zero-order valence-corrected chi connectivity index (χ0v) is 16.5. The van der Waals surface area contributed by atoms with Gasteiger partial charge in [0.15, 0.2) is 6.61 Å². The summed E-state index contributed by atoms with van der Waals surface area (Å²) in [5, 5.41) is 0. The summed E-state index contributed by atoms with van der Waals surface area (Å²) in [6.45, 7) is 0.884. The summed E-state index contributed by atoms with van der Waals surface area (Å²) < 4.78 is 20.3. The summed E-state index contributed by atoms with van der Waals surface area (Å²) in [6.07, 6.45) is 0. The molecule has 0 bridgehead atoms. The average molecular weight is 401 g/mol. The summed E-state index contributed by atoms with van der Waals surface area (Å²) in [4.78, 5) is 36.2. The van der Waals surface area contributed by atoms with E-state index in [0.717, 1.165) is 10.5 Å². The molecule has 0 unspecified atom stereocenters. The van der Waals surface area contributed by atoms with Crippen LogP contribution in [-0.2, 0) is 23.9 Å². The molecule has 0 heterocycles. The van der Waals surface area contributed by atoms with Gasteiger partial charge in [0, 0.05) is 0 Å². The lowest BCUT2D eigenvalue weighted by molar-refractivity contribution is -0.152. The van der Waals surface area contributed by atoms with Gasteiger partial charge in [-0.05, 0) is 43.3 Å². The predicted molar refractivity (Wildman–Crippen MR) is 104 cm³/mol. The second-order valence-corrected chi connectivity index (χ2v) is 6.08. The highest BCUT2D eigenvalue weighted by Gasteiger charge is 2.21. The minimum absolute atomic E-state index is 0.355. The van der Waals surface area contributed by atoms with E-state index in [4.69, 9.17) is 9.47 Å². The molecular weight excluding hydrogens is 378 g/mol. The van der Waals surface area contributed by atoms with Crippen molar-refractivity contribution in [2.45, 2.75) is 6.92 Å². The fraction of sp³-hybridized carbons (Fsp3) is 0.286. The van der Waals surface area contributed by atoms with Gasteiger partial charge in [0.2, 0.25) is 0 Å². The minimum Gasteiger partial charge on any atom is -0.484 e. The van der Waals surface area contributed by atoms with E-state index in [1.54, 1.807) is 24.3 Å². The van der Waals surface area contributed by atoms with Gasteiger partial charge in [-0.15, -0.1) is 0 Å². The van der Waals surface area contributed by atoms with Gasteiger partial charge >= 0.3 is 11.9 Å². The number of nitrogens with zero attached hydrogens (tertiary/aromatic N) is 1. The molecule has 2 aromatic carbocycles. The second-order valence-electron chi connectivity index (χ2n) is 6.08. The van der Waals surface area contributed by atoms with Crippen molar-refractivity contribution in [3.8, 4) is 17.2 Å². The van der Waals surface area contributed by atoms with E-state index in [-0.39, 0.29) is 19.7 Å². The van der Waals surface area contributed by atoms with Crippen LogP contribution in [0.3, 0.4) is 0 Å². The third kappa shape index (κ3) is 7.17. The van der Waals surface area contributed by atoms with Gasteiger partial charge < -0.3 is 23.8 Å². The Morgan fingerprint density at radius 2 is 1.21 bits per heavy atom. The molecule has 2 aromatic rings. The van der Waals surface area contributed by atoms with Gasteiger partial charge in [-0.1, -0.05) is 17.7 Å². The molecule has 0 saturated heterocycles. The van der Waals surface area contributed by atoms with Crippen LogP contribution in [-0.4, -0.2) is 56.7 Å². The smallest absolute Gasteiger partial charge is 0.325 e. The summed E-state index contributed by atoms with van der Waals surface area (Å²) in [7, 11) is 2.39. The standard InChI is InChI=1S/C21H23NO7/c1-15-4-6-17(7-5-15)29-18-10-8-16(9-11-18)28-14-19(23)22(12-20(24)26-2)13-21(25)27-3/h4-11H,12-14H2,1-3H3. The summed E-state index contributed by atoms with van der Waals surface area (Å²) >= 11 is 0. The quantitative estimate of drug-likeness (QED) is 0.596. The first-order valence-corrected chi connectivity index (χ1v) is 8.80. The van der Waals surface area contributed by atoms with E-state index < -0.39 is 17.8 Å². The first-order valence-electron chi connectivity index (χ1n) is 8.80. The number of carbonyl (C=O) groups is 3. The molecule has 0 aliphatic rings. The van der Waals surface area contributed by atoms with E-state index in [0.29, 0.717) is 17.2 Å². The van der Waals surface area contributed by atoms with Crippen molar-refractivity contribution >= 4 is 17.8 Å².